The lowest BCUT2D eigenvalue weighted by atomic mass is 10.1. The minimum absolute atomic E-state index is 0.0172. The van der Waals surface area contributed by atoms with Crippen molar-refractivity contribution in [3.05, 3.63) is 29.3 Å². The van der Waals surface area contributed by atoms with Gasteiger partial charge in [-0.15, -0.1) is 0 Å². The molecule has 5 heteroatoms. The van der Waals surface area contributed by atoms with Crippen LogP contribution in [0.3, 0.4) is 0 Å². The Morgan fingerprint density at radius 2 is 1.68 bits per heavy atom. The zero-order valence-corrected chi connectivity index (χ0v) is 11.7. The summed E-state index contributed by atoms with van der Waals surface area (Å²) in [4.78, 5) is 22.9. The normalized spacial score (nSPS) is 9.84. The molecule has 0 bridgehead atoms. The Kier molecular flexibility index (Phi) is 5.85. The van der Waals surface area contributed by atoms with Gasteiger partial charge in [0.05, 0.1) is 6.54 Å². The molecule has 0 saturated heterocycles. The summed E-state index contributed by atoms with van der Waals surface area (Å²) < 4.78 is 0. The Hall–Kier alpha value is -2.04. The zero-order valence-electron chi connectivity index (χ0n) is 11.7. The molecule has 0 saturated carbocycles. The highest BCUT2D eigenvalue weighted by molar-refractivity contribution is 5.92. The van der Waals surface area contributed by atoms with E-state index >= 15 is 0 Å². The van der Waals surface area contributed by atoms with E-state index < -0.39 is 0 Å². The predicted octanol–water partition coefficient (Wildman–Crippen LogP) is 1.95. The summed E-state index contributed by atoms with van der Waals surface area (Å²) >= 11 is 0. The van der Waals surface area contributed by atoms with E-state index in [0.29, 0.717) is 6.54 Å². The lowest BCUT2D eigenvalue weighted by Gasteiger charge is -2.09. The van der Waals surface area contributed by atoms with Crippen molar-refractivity contribution < 1.29 is 9.59 Å². The van der Waals surface area contributed by atoms with Gasteiger partial charge in [-0.05, 0) is 43.5 Å². The topological polar surface area (TPSA) is 70.2 Å². The maximum atomic E-state index is 11.6. The van der Waals surface area contributed by atoms with Crippen LogP contribution in [0.2, 0.25) is 0 Å². The molecule has 0 aliphatic carbocycles. The highest BCUT2D eigenvalue weighted by Crippen LogP contribution is 2.13. The number of hydrogen-bond acceptors (Lipinski definition) is 2. The van der Waals surface area contributed by atoms with Gasteiger partial charge in [0.1, 0.15) is 0 Å². The van der Waals surface area contributed by atoms with Gasteiger partial charge in [-0.1, -0.05) is 13.0 Å². The summed E-state index contributed by atoms with van der Waals surface area (Å²) in [6, 6.07) is 5.41. The van der Waals surface area contributed by atoms with Gasteiger partial charge in [-0.3, -0.25) is 4.79 Å². The first-order valence-electron chi connectivity index (χ1n) is 6.41. The summed E-state index contributed by atoms with van der Waals surface area (Å²) in [6.45, 7) is 6.51. The van der Waals surface area contributed by atoms with Crippen LogP contribution in [0.5, 0.6) is 0 Å². The van der Waals surface area contributed by atoms with Gasteiger partial charge >= 0.3 is 6.03 Å². The van der Waals surface area contributed by atoms with Gasteiger partial charge in [-0.25, -0.2) is 4.79 Å². The largest absolute Gasteiger partial charge is 0.355 e. The van der Waals surface area contributed by atoms with Gasteiger partial charge < -0.3 is 16.0 Å². The van der Waals surface area contributed by atoms with Crippen molar-refractivity contribution >= 4 is 17.6 Å². The number of urea groups is 1. The van der Waals surface area contributed by atoms with Crippen LogP contribution in [-0.4, -0.2) is 25.0 Å². The fraction of sp³-hybridized carbons (Fsp3) is 0.429. The highest BCUT2D eigenvalue weighted by Gasteiger charge is 2.05. The van der Waals surface area contributed by atoms with E-state index in [2.05, 4.69) is 16.0 Å². The molecule has 1 rings (SSSR count). The van der Waals surface area contributed by atoms with Crippen LogP contribution in [0.1, 0.15) is 24.5 Å². The van der Waals surface area contributed by atoms with Crippen molar-refractivity contribution in [1.82, 2.24) is 10.6 Å². The minimum Gasteiger partial charge on any atom is -0.355 e. The molecular weight excluding hydrogens is 242 g/mol. The molecule has 1 aromatic rings. The third-order valence-corrected chi connectivity index (χ3v) is 2.46. The number of rotatable bonds is 5. The minimum atomic E-state index is -0.378. The summed E-state index contributed by atoms with van der Waals surface area (Å²) in [7, 11) is 0. The van der Waals surface area contributed by atoms with Gasteiger partial charge in [0, 0.05) is 12.2 Å². The molecule has 0 radical (unpaired) electrons. The van der Waals surface area contributed by atoms with E-state index in [1.165, 1.54) is 0 Å². The molecule has 0 fully saturated rings. The fourth-order valence-corrected chi connectivity index (χ4v) is 1.71. The average Bonchev–Trinajstić information content (AvgIpc) is 2.32. The van der Waals surface area contributed by atoms with E-state index in [1.807, 2.05) is 39.0 Å². The van der Waals surface area contributed by atoms with Crippen molar-refractivity contribution in [3.8, 4) is 0 Å². The Morgan fingerprint density at radius 1 is 1.05 bits per heavy atom. The van der Waals surface area contributed by atoms with Crippen LogP contribution < -0.4 is 16.0 Å². The van der Waals surface area contributed by atoms with E-state index in [-0.39, 0.29) is 18.5 Å². The first-order valence-corrected chi connectivity index (χ1v) is 6.41. The number of nitrogens with one attached hydrogen (secondary N) is 3. The lowest BCUT2D eigenvalue weighted by molar-refractivity contribution is -0.120. The van der Waals surface area contributed by atoms with E-state index in [1.54, 1.807) is 0 Å². The van der Waals surface area contributed by atoms with E-state index in [4.69, 9.17) is 0 Å². The fourth-order valence-electron chi connectivity index (χ4n) is 1.71. The summed E-state index contributed by atoms with van der Waals surface area (Å²) in [5, 5.41) is 7.91. The smallest absolute Gasteiger partial charge is 0.319 e. The van der Waals surface area contributed by atoms with Crippen LogP contribution in [0.4, 0.5) is 10.5 Å². The van der Waals surface area contributed by atoms with Crippen LogP contribution in [0.25, 0.3) is 0 Å². The number of anilines is 1. The quantitative estimate of drug-likeness (QED) is 0.760. The van der Waals surface area contributed by atoms with Crippen LogP contribution >= 0.6 is 0 Å². The molecule has 1 aromatic carbocycles. The number of hydrogen-bond donors (Lipinski definition) is 3. The van der Waals surface area contributed by atoms with Crippen molar-refractivity contribution in [1.29, 1.82) is 0 Å². The molecule has 3 N–H and O–H groups in total. The standard InChI is InChI=1S/C14H21N3O2/c1-4-5-15-13(18)9-16-14(19)17-12-7-10(2)6-11(3)8-12/h6-8H,4-5,9H2,1-3H3,(H,15,18)(H2,16,17,19). The molecule has 5 nitrogen and oxygen atoms in total. The first kappa shape index (κ1) is 15.0. The van der Waals surface area contributed by atoms with Gasteiger partial charge in [0.15, 0.2) is 0 Å². The second-order valence-electron chi connectivity index (χ2n) is 4.53. The van der Waals surface area contributed by atoms with E-state index in [9.17, 15) is 9.59 Å². The second-order valence-corrected chi connectivity index (χ2v) is 4.53. The van der Waals surface area contributed by atoms with Crippen molar-refractivity contribution in [2.75, 3.05) is 18.4 Å². The van der Waals surface area contributed by atoms with Gasteiger partial charge in [0.25, 0.3) is 0 Å². The first-order chi connectivity index (χ1) is 9.01. The summed E-state index contributed by atoms with van der Waals surface area (Å²) in [6.07, 6.45) is 0.876. The maximum Gasteiger partial charge on any atom is 0.319 e. The summed E-state index contributed by atoms with van der Waals surface area (Å²) in [5.74, 6) is -0.183. The zero-order chi connectivity index (χ0) is 14.3. The second kappa shape index (κ2) is 7.41. The third-order valence-electron chi connectivity index (χ3n) is 2.46. The lowest BCUT2D eigenvalue weighted by Crippen LogP contribution is -2.39. The Labute approximate surface area is 113 Å². The molecule has 0 atom stereocenters. The molecule has 0 heterocycles. The molecule has 0 unspecified atom stereocenters. The van der Waals surface area contributed by atoms with Gasteiger partial charge in [0.2, 0.25) is 5.91 Å². The molecule has 3 amide bonds. The van der Waals surface area contributed by atoms with Crippen LogP contribution in [-0.2, 0) is 4.79 Å². The van der Waals surface area contributed by atoms with E-state index in [0.717, 1.165) is 23.2 Å². The molecule has 0 aliphatic heterocycles. The Morgan fingerprint density at radius 3 is 2.26 bits per heavy atom. The SMILES string of the molecule is CCCNC(=O)CNC(=O)Nc1cc(C)cc(C)c1. The van der Waals surface area contributed by atoms with Crippen LogP contribution in [0, 0.1) is 13.8 Å². The van der Waals surface area contributed by atoms with Crippen molar-refractivity contribution in [2.24, 2.45) is 0 Å². The molecule has 0 spiro atoms. The van der Waals surface area contributed by atoms with Crippen molar-refractivity contribution in [2.45, 2.75) is 27.2 Å². The predicted molar refractivity (Wildman–Crippen MR) is 76.2 cm³/mol. The number of carbonyl (C=O) groups excluding carboxylic acids is 2. The number of amides is 3. The third kappa shape index (κ3) is 5.90. The van der Waals surface area contributed by atoms with Crippen LogP contribution in [0.15, 0.2) is 18.2 Å². The number of benzene rings is 1. The number of carbonyl (C=O) groups is 2. The molecule has 19 heavy (non-hydrogen) atoms. The monoisotopic (exact) mass is 263 g/mol. The average molecular weight is 263 g/mol. The number of aryl methyl sites for hydroxylation is 2. The Balaban J connectivity index is 2.40. The Bertz CT molecular complexity index is 438. The van der Waals surface area contributed by atoms with Gasteiger partial charge in [-0.2, -0.15) is 0 Å². The molecule has 104 valence electrons. The molecular formula is C14H21N3O2. The summed E-state index contributed by atoms with van der Waals surface area (Å²) in [5.41, 5.74) is 2.89. The molecule has 0 aliphatic rings. The van der Waals surface area contributed by atoms with Crippen molar-refractivity contribution in [3.63, 3.8) is 0 Å². The molecule has 0 aromatic heterocycles. The maximum absolute atomic E-state index is 11.6. The highest BCUT2D eigenvalue weighted by atomic mass is 16.2.